The highest BCUT2D eigenvalue weighted by molar-refractivity contribution is 7.89. The molecule has 0 saturated carbocycles. The molecule has 0 aliphatic heterocycles. The first kappa shape index (κ1) is 13.1. The maximum Gasteiger partial charge on any atom is 0.243 e. The average molecular weight is 258 g/mol. The maximum atomic E-state index is 12.0. The molecule has 0 radical (unpaired) electrons. The summed E-state index contributed by atoms with van der Waals surface area (Å²) in [7, 11) is -2.03. The van der Waals surface area contributed by atoms with Crippen molar-refractivity contribution >= 4 is 27.2 Å². The van der Waals surface area contributed by atoms with Crippen LogP contribution in [0.2, 0.25) is 0 Å². The van der Waals surface area contributed by atoms with E-state index in [4.69, 9.17) is 5.73 Å². The van der Waals surface area contributed by atoms with Crippen molar-refractivity contribution in [2.24, 2.45) is 5.73 Å². The van der Waals surface area contributed by atoms with Crippen molar-refractivity contribution in [3.8, 4) is 0 Å². The van der Waals surface area contributed by atoms with Gasteiger partial charge in [0.1, 0.15) is 0 Å². The molecule has 0 unspecified atom stereocenters. The third-order valence-electron chi connectivity index (χ3n) is 2.11. The molecule has 0 amide bonds. The number of benzene rings is 1. The average Bonchev–Trinajstić information content (AvgIpc) is 2.17. The quantitative estimate of drug-likeness (QED) is 0.815. The summed E-state index contributed by atoms with van der Waals surface area (Å²) < 4.78 is 25.1. The minimum absolute atomic E-state index is 0.0472. The number of aryl methyl sites for hydroxylation is 1. The molecule has 2 N–H and O–H groups in total. The molecule has 0 saturated heterocycles. The van der Waals surface area contributed by atoms with Crippen molar-refractivity contribution < 1.29 is 8.42 Å². The fourth-order valence-electron chi connectivity index (χ4n) is 1.19. The van der Waals surface area contributed by atoms with Crippen molar-refractivity contribution in [3.05, 3.63) is 29.8 Å². The van der Waals surface area contributed by atoms with E-state index >= 15 is 0 Å². The fourth-order valence-corrected chi connectivity index (χ4v) is 2.62. The smallest absolute Gasteiger partial charge is 0.243 e. The molecule has 0 fully saturated rings. The molecule has 0 spiro atoms. The lowest BCUT2D eigenvalue weighted by atomic mass is 10.2. The third-order valence-corrected chi connectivity index (χ3v) is 4.05. The molecule has 0 heterocycles. The minimum Gasteiger partial charge on any atom is -0.392 e. The summed E-state index contributed by atoms with van der Waals surface area (Å²) in [5.41, 5.74) is 6.33. The predicted octanol–water partition coefficient (Wildman–Crippen LogP) is 0.902. The first-order chi connectivity index (χ1) is 7.34. The number of hydrogen-bond acceptors (Lipinski definition) is 3. The number of likely N-dealkylation sites (N-methyl/N-ethyl adjacent to an activating group) is 1. The highest BCUT2D eigenvalue weighted by Crippen LogP contribution is 2.14. The van der Waals surface area contributed by atoms with E-state index in [1.807, 2.05) is 6.92 Å². The Labute approximate surface area is 101 Å². The first-order valence-electron chi connectivity index (χ1n) is 4.65. The molecule has 6 heteroatoms. The van der Waals surface area contributed by atoms with Crippen molar-refractivity contribution in [3.63, 3.8) is 0 Å². The number of thiocarbonyl (C=S) groups is 1. The monoisotopic (exact) mass is 258 g/mol. The number of nitrogens with zero attached hydrogens (tertiary/aromatic N) is 1. The zero-order valence-corrected chi connectivity index (χ0v) is 10.8. The molecule has 0 bridgehead atoms. The van der Waals surface area contributed by atoms with Gasteiger partial charge in [-0.2, -0.15) is 4.31 Å². The van der Waals surface area contributed by atoms with Gasteiger partial charge in [-0.3, -0.25) is 0 Å². The SMILES string of the molecule is Cc1ccc(S(=O)(=O)N(C)CC(N)=S)cc1. The van der Waals surface area contributed by atoms with Crippen LogP contribution in [0, 0.1) is 6.92 Å². The van der Waals surface area contributed by atoms with E-state index in [0.29, 0.717) is 0 Å². The van der Waals surface area contributed by atoms with Crippen LogP contribution in [0.4, 0.5) is 0 Å². The third kappa shape index (κ3) is 3.01. The number of rotatable bonds is 4. The summed E-state index contributed by atoms with van der Waals surface area (Å²) >= 11 is 4.68. The predicted molar refractivity (Wildman–Crippen MR) is 67.8 cm³/mol. The molecule has 1 rings (SSSR count). The van der Waals surface area contributed by atoms with E-state index in [0.717, 1.165) is 9.87 Å². The van der Waals surface area contributed by atoms with Crippen LogP contribution in [-0.2, 0) is 10.0 Å². The normalized spacial score (nSPS) is 11.7. The van der Waals surface area contributed by atoms with Gasteiger partial charge in [-0.05, 0) is 19.1 Å². The molecular formula is C10H14N2O2S2. The topological polar surface area (TPSA) is 63.4 Å². The van der Waals surface area contributed by atoms with Gasteiger partial charge in [-0.15, -0.1) is 0 Å². The minimum atomic E-state index is -3.48. The lowest BCUT2D eigenvalue weighted by Crippen LogP contribution is -2.34. The largest absolute Gasteiger partial charge is 0.392 e. The van der Waals surface area contributed by atoms with Crippen molar-refractivity contribution in [1.82, 2.24) is 4.31 Å². The second-order valence-corrected chi connectivity index (χ2v) is 6.11. The van der Waals surface area contributed by atoms with Crippen LogP contribution >= 0.6 is 12.2 Å². The molecule has 0 aliphatic rings. The summed E-state index contributed by atoms with van der Waals surface area (Å²) in [5.74, 6) is 0. The summed E-state index contributed by atoms with van der Waals surface area (Å²) in [6.07, 6.45) is 0. The number of hydrogen-bond donors (Lipinski definition) is 1. The fraction of sp³-hybridized carbons (Fsp3) is 0.300. The van der Waals surface area contributed by atoms with E-state index < -0.39 is 10.0 Å². The lowest BCUT2D eigenvalue weighted by molar-refractivity contribution is 0.506. The Bertz CT molecular complexity index is 480. The summed E-state index contributed by atoms with van der Waals surface area (Å²) in [6, 6.07) is 6.64. The Kier molecular flexibility index (Phi) is 4.01. The Hall–Kier alpha value is -0.980. The maximum absolute atomic E-state index is 12.0. The van der Waals surface area contributed by atoms with Gasteiger partial charge in [-0.1, -0.05) is 29.9 Å². The van der Waals surface area contributed by atoms with Crippen molar-refractivity contribution in [2.45, 2.75) is 11.8 Å². The van der Waals surface area contributed by atoms with Gasteiger partial charge in [0.25, 0.3) is 0 Å². The van der Waals surface area contributed by atoms with Crippen LogP contribution in [0.5, 0.6) is 0 Å². The van der Waals surface area contributed by atoms with Crippen LogP contribution in [0.3, 0.4) is 0 Å². The molecule has 0 aliphatic carbocycles. The second-order valence-electron chi connectivity index (χ2n) is 3.54. The van der Waals surface area contributed by atoms with Crippen LogP contribution in [0.25, 0.3) is 0 Å². The molecule has 1 aromatic carbocycles. The van der Waals surface area contributed by atoms with E-state index in [1.54, 1.807) is 24.3 Å². The van der Waals surface area contributed by atoms with Crippen molar-refractivity contribution in [2.75, 3.05) is 13.6 Å². The summed E-state index contributed by atoms with van der Waals surface area (Å²) in [5, 5.41) is 0. The van der Waals surface area contributed by atoms with E-state index in [1.165, 1.54) is 7.05 Å². The zero-order valence-electron chi connectivity index (χ0n) is 9.17. The van der Waals surface area contributed by atoms with E-state index in [-0.39, 0.29) is 16.4 Å². The molecule has 16 heavy (non-hydrogen) atoms. The van der Waals surface area contributed by atoms with Gasteiger partial charge in [0.2, 0.25) is 10.0 Å². The highest BCUT2D eigenvalue weighted by atomic mass is 32.2. The Morgan fingerprint density at radius 2 is 1.88 bits per heavy atom. The second kappa shape index (κ2) is 4.90. The standard InChI is InChI=1S/C10H14N2O2S2/c1-8-3-5-9(6-4-8)16(13,14)12(2)7-10(11)15/h3-6H,7H2,1-2H3,(H2,11,15). The van der Waals surface area contributed by atoms with Crippen molar-refractivity contribution in [1.29, 1.82) is 0 Å². The number of sulfonamides is 1. The lowest BCUT2D eigenvalue weighted by Gasteiger charge is -2.16. The van der Waals surface area contributed by atoms with Gasteiger partial charge in [0.15, 0.2) is 0 Å². The summed E-state index contributed by atoms with van der Waals surface area (Å²) in [4.78, 5) is 0.398. The van der Waals surface area contributed by atoms with Gasteiger partial charge in [0, 0.05) is 7.05 Å². The highest BCUT2D eigenvalue weighted by Gasteiger charge is 2.20. The van der Waals surface area contributed by atoms with Gasteiger partial charge >= 0.3 is 0 Å². The Balaban J connectivity index is 3.02. The van der Waals surface area contributed by atoms with Crippen LogP contribution in [-0.4, -0.2) is 31.3 Å². The van der Waals surface area contributed by atoms with Gasteiger partial charge in [-0.25, -0.2) is 8.42 Å². The Morgan fingerprint density at radius 3 is 2.31 bits per heavy atom. The van der Waals surface area contributed by atoms with Crippen LogP contribution in [0.1, 0.15) is 5.56 Å². The molecule has 0 aromatic heterocycles. The molecular weight excluding hydrogens is 244 g/mol. The number of nitrogens with two attached hydrogens (primary N) is 1. The molecule has 0 atom stereocenters. The Morgan fingerprint density at radius 1 is 1.38 bits per heavy atom. The summed E-state index contributed by atoms with van der Waals surface area (Å²) in [6.45, 7) is 1.95. The van der Waals surface area contributed by atoms with Gasteiger partial charge in [0.05, 0.1) is 16.4 Å². The zero-order chi connectivity index (χ0) is 12.3. The molecule has 88 valence electrons. The van der Waals surface area contributed by atoms with Gasteiger partial charge < -0.3 is 5.73 Å². The van der Waals surface area contributed by atoms with E-state index in [9.17, 15) is 8.42 Å². The van der Waals surface area contributed by atoms with Crippen LogP contribution in [0.15, 0.2) is 29.2 Å². The molecule has 4 nitrogen and oxygen atoms in total. The molecule has 1 aromatic rings. The first-order valence-corrected chi connectivity index (χ1v) is 6.50. The van der Waals surface area contributed by atoms with E-state index in [2.05, 4.69) is 12.2 Å². The van der Waals surface area contributed by atoms with Crippen LogP contribution < -0.4 is 5.73 Å².